The minimum absolute atomic E-state index is 0.0960. The summed E-state index contributed by atoms with van der Waals surface area (Å²) in [5.41, 5.74) is -0.272. The van der Waals surface area contributed by atoms with Crippen molar-refractivity contribution in [1.29, 1.82) is 0 Å². The number of rotatable bonds is 10. The maximum atomic E-state index is 12.5. The summed E-state index contributed by atoms with van der Waals surface area (Å²) in [6, 6.07) is 0. The maximum absolute atomic E-state index is 12.5. The van der Waals surface area contributed by atoms with Gasteiger partial charge < -0.3 is 9.47 Å². The van der Waals surface area contributed by atoms with E-state index in [9.17, 15) is 9.59 Å². The summed E-state index contributed by atoms with van der Waals surface area (Å²) in [4.78, 5) is 24.9. The van der Waals surface area contributed by atoms with Crippen LogP contribution in [-0.4, -0.2) is 25.2 Å². The number of allylic oxidation sites excluding steroid dienone is 2. The average molecular weight is 446 g/mol. The van der Waals surface area contributed by atoms with Gasteiger partial charge in [-0.2, -0.15) is 0 Å². The molecule has 0 fully saturated rings. The van der Waals surface area contributed by atoms with Crippen LogP contribution < -0.4 is 0 Å². The fourth-order valence-electron chi connectivity index (χ4n) is 2.03. The number of halogens is 1. The molecule has 0 amide bonds. The van der Waals surface area contributed by atoms with Crippen molar-refractivity contribution < 1.29 is 19.1 Å². The fourth-order valence-corrected chi connectivity index (χ4v) is 2.29. The standard InChI is InChI=1S/C19H27IO4/c1-5-23-17(21)19(14-11-15-20,18(22)24-6-2)13-10-8-7-9-12-16(3)4/h11,15H,3,5-7,9,12-14H2,1-2,4H3/b15-11-. The van der Waals surface area contributed by atoms with Crippen LogP contribution in [0.15, 0.2) is 22.3 Å². The topological polar surface area (TPSA) is 52.6 Å². The third kappa shape index (κ3) is 8.00. The molecule has 5 heteroatoms. The van der Waals surface area contributed by atoms with E-state index in [-0.39, 0.29) is 26.1 Å². The molecule has 0 saturated carbocycles. The highest BCUT2D eigenvalue weighted by molar-refractivity contribution is 14.1. The van der Waals surface area contributed by atoms with Crippen LogP contribution >= 0.6 is 22.6 Å². The van der Waals surface area contributed by atoms with Gasteiger partial charge >= 0.3 is 11.9 Å². The smallest absolute Gasteiger partial charge is 0.324 e. The van der Waals surface area contributed by atoms with Gasteiger partial charge in [0.05, 0.1) is 13.2 Å². The molecule has 0 rings (SSSR count). The number of hydrogen-bond acceptors (Lipinski definition) is 4. The Morgan fingerprint density at radius 3 is 2.21 bits per heavy atom. The van der Waals surface area contributed by atoms with Crippen LogP contribution in [0, 0.1) is 17.3 Å². The van der Waals surface area contributed by atoms with Crippen LogP contribution in [0.25, 0.3) is 0 Å². The summed E-state index contributed by atoms with van der Waals surface area (Å²) in [5, 5.41) is 0. The highest BCUT2D eigenvalue weighted by Crippen LogP contribution is 2.31. The molecule has 4 nitrogen and oxygen atoms in total. The van der Waals surface area contributed by atoms with Crippen molar-refractivity contribution in [3.63, 3.8) is 0 Å². The zero-order valence-corrected chi connectivity index (χ0v) is 17.0. The molecule has 0 aromatic rings. The summed E-state index contributed by atoms with van der Waals surface area (Å²) in [6.07, 6.45) is 4.62. The summed E-state index contributed by atoms with van der Waals surface area (Å²) >= 11 is 2.05. The van der Waals surface area contributed by atoms with Gasteiger partial charge in [0.2, 0.25) is 0 Å². The second kappa shape index (κ2) is 13.1. The Labute approximate surface area is 159 Å². The Morgan fingerprint density at radius 1 is 1.17 bits per heavy atom. The van der Waals surface area contributed by atoms with Crippen LogP contribution in [0.1, 0.15) is 52.9 Å². The Bertz CT molecular complexity index is 493. The summed E-state index contributed by atoms with van der Waals surface area (Å²) in [7, 11) is 0. The van der Waals surface area contributed by atoms with E-state index in [1.165, 1.54) is 0 Å². The van der Waals surface area contributed by atoms with Crippen LogP contribution in [0.5, 0.6) is 0 Å². The Balaban J connectivity index is 5.25. The Morgan fingerprint density at radius 2 is 1.75 bits per heavy atom. The van der Waals surface area contributed by atoms with E-state index in [1.807, 2.05) is 6.92 Å². The Hall–Kier alpha value is -1.29. The number of esters is 2. The largest absolute Gasteiger partial charge is 0.465 e. The molecule has 0 aromatic heterocycles. The highest BCUT2D eigenvalue weighted by Gasteiger charge is 2.47. The van der Waals surface area contributed by atoms with E-state index in [1.54, 1.807) is 24.0 Å². The molecule has 24 heavy (non-hydrogen) atoms. The summed E-state index contributed by atoms with van der Waals surface area (Å²) in [6.45, 7) is 9.68. The molecule has 0 atom stereocenters. The molecule has 0 aliphatic heterocycles. The van der Waals surface area contributed by atoms with Crippen LogP contribution in [0.3, 0.4) is 0 Å². The van der Waals surface area contributed by atoms with Gasteiger partial charge in [-0.05, 0) is 44.1 Å². The first-order valence-electron chi connectivity index (χ1n) is 8.14. The predicted molar refractivity (Wildman–Crippen MR) is 105 cm³/mol. The van der Waals surface area contributed by atoms with Crippen molar-refractivity contribution in [3.8, 4) is 11.8 Å². The summed E-state index contributed by atoms with van der Waals surface area (Å²) in [5.74, 6) is 4.85. The zero-order valence-electron chi connectivity index (χ0n) is 14.8. The molecule has 0 unspecified atom stereocenters. The van der Waals surface area contributed by atoms with Gasteiger partial charge in [-0.1, -0.05) is 34.2 Å². The van der Waals surface area contributed by atoms with E-state index < -0.39 is 17.4 Å². The van der Waals surface area contributed by atoms with Gasteiger partial charge in [-0.3, -0.25) is 9.59 Å². The monoisotopic (exact) mass is 446 g/mol. The van der Waals surface area contributed by atoms with Crippen LogP contribution in [0.4, 0.5) is 0 Å². The highest BCUT2D eigenvalue weighted by atomic mass is 127. The quantitative estimate of drug-likeness (QED) is 0.123. The molecule has 0 N–H and O–H groups in total. The SMILES string of the molecule is C=C(C)CCCC#CCC(C/C=C\I)(C(=O)OCC)C(=O)OCC. The number of ether oxygens (including phenoxy) is 2. The zero-order chi connectivity index (χ0) is 18.4. The van der Waals surface area contributed by atoms with Crippen molar-refractivity contribution in [2.75, 3.05) is 13.2 Å². The van der Waals surface area contributed by atoms with Gasteiger partial charge in [-0.25, -0.2) is 0 Å². The molecular weight excluding hydrogens is 419 g/mol. The molecular formula is C19H27IO4. The van der Waals surface area contributed by atoms with E-state index in [2.05, 4.69) is 41.0 Å². The van der Waals surface area contributed by atoms with Crippen molar-refractivity contribution in [2.24, 2.45) is 5.41 Å². The van der Waals surface area contributed by atoms with E-state index in [4.69, 9.17) is 9.47 Å². The van der Waals surface area contributed by atoms with Crippen LogP contribution in [-0.2, 0) is 19.1 Å². The molecule has 134 valence electrons. The lowest BCUT2D eigenvalue weighted by Gasteiger charge is -2.26. The Kier molecular flexibility index (Phi) is 12.4. The normalized spacial score (nSPS) is 10.8. The fraction of sp³-hybridized carbons (Fsp3) is 0.579. The van der Waals surface area contributed by atoms with E-state index in [0.29, 0.717) is 6.42 Å². The molecule has 0 aromatic carbocycles. The van der Waals surface area contributed by atoms with Crippen molar-refractivity contribution >= 4 is 34.5 Å². The number of carbonyl (C=O) groups is 2. The average Bonchev–Trinajstić information content (AvgIpc) is 2.53. The lowest BCUT2D eigenvalue weighted by Crippen LogP contribution is -2.41. The lowest BCUT2D eigenvalue weighted by atomic mass is 9.81. The molecule has 0 bridgehead atoms. The number of unbranched alkanes of at least 4 members (excludes halogenated alkanes) is 1. The molecule has 0 aliphatic carbocycles. The third-order valence-corrected chi connectivity index (χ3v) is 3.82. The molecule has 0 spiro atoms. The van der Waals surface area contributed by atoms with Gasteiger partial charge in [-0.15, -0.1) is 18.4 Å². The first kappa shape index (κ1) is 22.7. The minimum atomic E-state index is -1.39. The molecule has 0 saturated heterocycles. The third-order valence-electron chi connectivity index (χ3n) is 3.31. The van der Waals surface area contributed by atoms with Crippen molar-refractivity contribution in [3.05, 3.63) is 22.3 Å². The molecule has 0 radical (unpaired) electrons. The van der Waals surface area contributed by atoms with Gasteiger partial charge in [0, 0.05) is 12.8 Å². The van der Waals surface area contributed by atoms with Gasteiger partial charge in [0.25, 0.3) is 0 Å². The van der Waals surface area contributed by atoms with E-state index in [0.717, 1.165) is 18.4 Å². The number of hydrogen-bond donors (Lipinski definition) is 0. The maximum Gasteiger partial charge on any atom is 0.324 e. The predicted octanol–water partition coefficient (Wildman–Crippen LogP) is 4.58. The van der Waals surface area contributed by atoms with Crippen molar-refractivity contribution in [2.45, 2.75) is 52.9 Å². The van der Waals surface area contributed by atoms with Gasteiger partial charge in [0.15, 0.2) is 5.41 Å². The first-order valence-corrected chi connectivity index (χ1v) is 9.38. The molecule has 0 aliphatic rings. The lowest BCUT2D eigenvalue weighted by molar-refractivity contribution is -0.171. The second-order valence-corrected chi connectivity index (χ2v) is 6.15. The second-order valence-electron chi connectivity index (χ2n) is 5.43. The molecule has 0 heterocycles. The number of carbonyl (C=O) groups excluding carboxylic acids is 2. The van der Waals surface area contributed by atoms with Crippen molar-refractivity contribution in [1.82, 2.24) is 0 Å². The van der Waals surface area contributed by atoms with Crippen LogP contribution in [0.2, 0.25) is 0 Å². The van der Waals surface area contributed by atoms with Gasteiger partial charge in [0.1, 0.15) is 0 Å². The minimum Gasteiger partial charge on any atom is -0.465 e. The summed E-state index contributed by atoms with van der Waals surface area (Å²) < 4.78 is 12.0. The first-order chi connectivity index (χ1) is 11.4. The van der Waals surface area contributed by atoms with E-state index >= 15 is 0 Å².